The first kappa shape index (κ1) is 23.3. The van der Waals surface area contributed by atoms with Crippen LogP contribution in [0, 0.1) is 35.5 Å². The molecule has 0 amide bonds. The Hall–Kier alpha value is -0.960. The summed E-state index contributed by atoms with van der Waals surface area (Å²) in [7, 11) is 0. The molecule has 0 bridgehead atoms. The summed E-state index contributed by atoms with van der Waals surface area (Å²) in [5.41, 5.74) is 0. The Morgan fingerprint density at radius 2 is 0.964 bits per heavy atom. The summed E-state index contributed by atoms with van der Waals surface area (Å²) in [6, 6.07) is 0. The number of hydrogen-bond donors (Lipinski definition) is 0. The van der Waals surface area contributed by atoms with Gasteiger partial charge in [-0.05, 0) is 87.2 Å². The lowest BCUT2D eigenvalue weighted by molar-refractivity contribution is 0.289. The van der Waals surface area contributed by atoms with E-state index in [1.54, 1.807) is 0 Å². The van der Waals surface area contributed by atoms with Gasteiger partial charge in [-0.3, -0.25) is 0 Å². The van der Waals surface area contributed by atoms with E-state index < -0.39 is 0 Å². The lowest BCUT2D eigenvalue weighted by Crippen LogP contribution is -2.13. The van der Waals surface area contributed by atoms with Crippen LogP contribution >= 0.6 is 0 Å². The summed E-state index contributed by atoms with van der Waals surface area (Å²) < 4.78 is 0. The van der Waals surface area contributed by atoms with E-state index in [4.69, 9.17) is 0 Å². The van der Waals surface area contributed by atoms with E-state index in [-0.39, 0.29) is 0 Å². The van der Waals surface area contributed by atoms with Gasteiger partial charge in [-0.15, -0.1) is 0 Å². The second-order valence-corrected chi connectivity index (χ2v) is 9.56. The van der Waals surface area contributed by atoms with Crippen LogP contribution in [-0.4, -0.2) is 0 Å². The molecule has 0 aliphatic heterocycles. The lowest BCUT2D eigenvalue weighted by Gasteiger charge is -2.26. The molecule has 2 aliphatic rings. The standard InChI is InChI=1S/C28H46/c1-3-5-9-13-25-17-21-27(22-18-25)15-11-7-8-12-16-28-23-19-26(20-24-28)14-10-6-4-2/h11-12,15-16,25-28H,3-6,9-10,13-14,17-24H2,1-2H3/b15-11+,16-12+. The molecule has 2 fully saturated rings. The minimum absolute atomic E-state index is 0.781. The second-order valence-electron chi connectivity index (χ2n) is 9.56. The third-order valence-electron chi connectivity index (χ3n) is 7.20. The quantitative estimate of drug-likeness (QED) is 0.261. The number of allylic oxidation sites excluding steroid dienone is 4. The van der Waals surface area contributed by atoms with Gasteiger partial charge < -0.3 is 0 Å². The molecule has 0 spiro atoms. The molecule has 0 aromatic heterocycles. The van der Waals surface area contributed by atoms with E-state index in [2.05, 4.69) is 50.0 Å². The lowest BCUT2D eigenvalue weighted by atomic mass is 9.79. The Morgan fingerprint density at radius 3 is 1.32 bits per heavy atom. The van der Waals surface area contributed by atoms with E-state index in [1.165, 1.54) is 103 Å². The van der Waals surface area contributed by atoms with Gasteiger partial charge in [0, 0.05) is 0 Å². The fourth-order valence-electron chi connectivity index (χ4n) is 5.17. The van der Waals surface area contributed by atoms with E-state index in [0.717, 1.165) is 23.7 Å². The molecule has 2 saturated carbocycles. The first-order valence-corrected chi connectivity index (χ1v) is 12.7. The van der Waals surface area contributed by atoms with Gasteiger partial charge in [0.05, 0.1) is 0 Å². The average Bonchev–Trinajstić information content (AvgIpc) is 2.73. The van der Waals surface area contributed by atoms with Crippen molar-refractivity contribution in [2.45, 2.75) is 117 Å². The summed E-state index contributed by atoms with van der Waals surface area (Å²) in [6.07, 6.45) is 31.6. The number of unbranched alkanes of at least 4 members (excludes halogenated alkanes) is 4. The van der Waals surface area contributed by atoms with Crippen LogP contribution in [0.5, 0.6) is 0 Å². The van der Waals surface area contributed by atoms with Crippen LogP contribution in [-0.2, 0) is 0 Å². The second kappa shape index (κ2) is 15.0. The first-order chi connectivity index (χ1) is 13.8. The Kier molecular flexibility index (Phi) is 12.5. The van der Waals surface area contributed by atoms with Gasteiger partial charge >= 0.3 is 0 Å². The van der Waals surface area contributed by atoms with Gasteiger partial charge in [0.15, 0.2) is 0 Å². The van der Waals surface area contributed by atoms with Crippen molar-refractivity contribution in [2.24, 2.45) is 23.7 Å². The highest BCUT2D eigenvalue weighted by Gasteiger charge is 2.19. The Balaban J connectivity index is 1.56. The largest absolute Gasteiger partial charge is 0.0730 e. The van der Waals surface area contributed by atoms with Gasteiger partial charge in [-0.25, -0.2) is 0 Å². The fourth-order valence-corrected chi connectivity index (χ4v) is 5.17. The molecule has 0 aromatic carbocycles. The van der Waals surface area contributed by atoms with Crippen LogP contribution in [0.25, 0.3) is 0 Å². The van der Waals surface area contributed by atoms with Crippen molar-refractivity contribution in [3.8, 4) is 11.8 Å². The maximum absolute atomic E-state index is 3.25. The van der Waals surface area contributed by atoms with Gasteiger partial charge in [-0.2, -0.15) is 0 Å². The van der Waals surface area contributed by atoms with Crippen molar-refractivity contribution in [1.82, 2.24) is 0 Å². The van der Waals surface area contributed by atoms with Crippen molar-refractivity contribution < 1.29 is 0 Å². The average molecular weight is 383 g/mol. The minimum Gasteiger partial charge on any atom is -0.0730 e. The molecular formula is C28H46. The molecule has 0 N–H and O–H groups in total. The summed E-state index contributed by atoms with van der Waals surface area (Å²) in [4.78, 5) is 0. The van der Waals surface area contributed by atoms with E-state index in [9.17, 15) is 0 Å². The topological polar surface area (TPSA) is 0 Å². The third kappa shape index (κ3) is 10.0. The van der Waals surface area contributed by atoms with Crippen LogP contribution < -0.4 is 0 Å². The molecule has 0 nitrogen and oxygen atoms in total. The van der Waals surface area contributed by atoms with Gasteiger partial charge in [0.1, 0.15) is 0 Å². The maximum Gasteiger partial charge on any atom is -0.0153 e. The summed E-state index contributed by atoms with van der Waals surface area (Å²) >= 11 is 0. The molecule has 0 heteroatoms. The van der Waals surface area contributed by atoms with Crippen LogP contribution in [0.15, 0.2) is 24.3 Å². The number of rotatable bonds is 10. The highest BCUT2D eigenvalue weighted by Crippen LogP contribution is 2.33. The molecule has 0 aromatic rings. The molecule has 0 atom stereocenters. The maximum atomic E-state index is 3.25. The highest BCUT2D eigenvalue weighted by molar-refractivity contribution is 5.24. The Morgan fingerprint density at radius 1 is 0.571 bits per heavy atom. The molecule has 0 radical (unpaired) electrons. The molecule has 2 aliphatic carbocycles. The van der Waals surface area contributed by atoms with Crippen molar-refractivity contribution in [2.75, 3.05) is 0 Å². The molecule has 0 heterocycles. The van der Waals surface area contributed by atoms with E-state index >= 15 is 0 Å². The molecule has 158 valence electrons. The Bertz CT molecular complexity index is 440. The normalized spacial score (nSPS) is 28.5. The van der Waals surface area contributed by atoms with Crippen molar-refractivity contribution >= 4 is 0 Å². The van der Waals surface area contributed by atoms with E-state index in [0.29, 0.717) is 0 Å². The number of hydrogen-bond acceptors (Lipinski definition) is 0. The van der Waals surface area contributed by atoms with Crippen LogP contribution in [0.3, 0.4) is 0 Å². The van der Waals surface area contributed by atoms with Gasteiger partial charge in [-0.1, -0.05) is 89.2 Å². The third-order valence-corrected chi connectivity index (χ3v) is 7.20. The smallest absolute Gasteiger partial charge is 0.0153 e. The van der Waals surface area contributed by atoms with Crippen LogP contribution in [0.1, 0.15) is 117 Å². The van der Waals surface area contributed by atoms with Crippen molar-refractivity contribution in [1.29, 1.82) is 0 Å². The molecule has 2 rings (SSSR count). The SMILES string of the molecule is CCCCCC1CCC(/C=C/C#C/C=C/C2CCC(CCCCC)CC2)CC1. The zero-order valence-electron chi connectivity index (χ0n) is 18.9. The predicted molar refractivity (Wildman–Crippen MR) is 125 cm³/mol. The fraction of sp³-hybridized carbons (Fsp3) is 0.786. The molecule has 0 unspecified atom stereocenters. The van der Waals surface area contributed by atoms with Crippen molar-refractivity contribution in [3.05, 3.63) is 24.3 Å². The van der Waals surface area contributed by atoms with Crippen LogP contribution in [0.4, 0.5) is 0 Å². The minimum atomic E-state index is 0.781. The molecule has 0 saturated heterocycles. The molecule has 28 heavy (non-hydrogen) atoms. The van der Waals surface area contributed by atoms with E-state index in [1.807, 2.05) is 0 Å². The zero-order chi connectivity index (χ0) is 19.9. The summed E-state index contributed by atoms with van der Waals surface area (Å²) in [5, 5.41) is 0. The first-order valence-electron chi connectivity index (χ1n) is 12.7. The summed E-state index contributed by atoms with van der Waals surface area (Å²) in [6.45, 7) is 4.61. The van der Waals surface area contributed by atoms with Gasteiger partial charge in [0.25, 0.3) is 0 Å². The summed E-state index contributed by atoms with van der Waals surface area (Å²) in [5.74, 6) is 10.1. The Labute approximate surface area is 176 Å². The highest BCUT2D eigenvalue weighted by atomic mass is 14.2. The molecular weight excluding hydrogens is 336 g/mol. The van der Waals surface area contributed by atoms with Crippen molar-refractivity contribution in [3.63, 3.8) is 0 Å². The predicted octanol–water partition coefficient (Wildman–Crippen LogP) is 8.88. The zero-order valence-corrected chi connectivity index (χ0v) is 18.9. The monoisotopic (exact) mass is 382 g/mol. The van der Waals surface area contributed by atoms with Gasteiger partial charge in [0.2, 0.25) is 0 Å². The van der Waals surface area contributed by atoms with Crippen LogP contribution in [0.2, 0.25) is 0 Å².